The summed E-state index contributed by atoms with van der Waals surface area (Å²) in [5, 5.41) is 8.47. The molecule has 120 valence electrons. The van der Waals surface area contributed by atoms with Crippen molar-refractivity contribution >= 4 is 27.8 Å². The van der Waals surface area contributed by atoms with E-state index in [9.17, 15) is 4.79 Å². The number of benzene rings is 2. The quantitative estimate of drug-likeness (QED) is 0.575. The van der Waals surface area contributed by atoms with Gasteiger partial charge in [-0.1, -0.05) is 15.9 Å². The van der Waals surface area contributed by atoms with Gasteiger partial charge in [0.25, 0.3) is 0 Å². The molecule has 0 spiro atoms. The number of nitriles is 1. The van der Waals surface area contributed by atoms with Crippen molar-refractivity contribution in [3.05, 3.63) is 58.1 Å². The average Bonchev–Trinajstić information content (AvgIpc) is 3.05. The summed E-state index contributed by atoms with van der Waals surface area (Å²) in [5.74, 6) is 1.75. The SMILES string of the molecule is N#CCOc1ccc(C(=O)/C=C/c2cc3c(cc2Br)OCO3)cc1. The number of allylic oxidation sites excluding steroid dienone is 1. The summed E-state index contributed by atoms with van der Waals surface area (Å²) < 4.78 is 16.6. The zero-order valence-corrected chi connectivity index (χ0v) is 14.1. The minimum absolute atomic E-state index is 0.0225. The van der Waals surface area contributed by atoms with E-state index in [4.69, 9.17) is 19.5 Å². The first-order valence-corrected chi connectivity index (χ1v) is 7.88. The lowest BCUT2D eigenvalue weighted by atomic mass is 10.1. The Kier molecular flexibility index (Phi) is 4.82. The third kappa shape index (κ3) is 3.58. The van der Waals surface area contributed by atoms with Gasteiger partial charge in [0.2, 0.25) is 6.79 Å². The van der Waals surface area contributed by atoms with E-state index in [-0.39, 0.29) is 19.2 Å². The van der Waals surface area contributed by atoms with E-state index in [1.807, 2.05) is 18.2 Å². The summed E-state index contributed by atoms with van der Waals surface area (Å²) in [6.07, 6.45) is 3.21. The summed E-state index contributed by atoms with van der Waals surface area (Å²) >= 11 is 3.45. The maximum Gasteiger partial charge on any atom is 0.231 e. The molecule has 0 saturated carbocycles. The highest BCUT2D eigenvalue weighted by Gasteiger charge is 2.15. The number of nitrogens with zero attached hydrogens (tertiary/aromatic N) is 1. The van der Waals surface area contributed by atoms with Crippen molar-refractivity contribution in [2.45, 2.75) is 0 Å². The number of hydrogen-bond donors (Lipinski definition) is 0. The molecule has 1 aliphatic rings. The van der Waals surface area contributed by atoms with Crippen LogP contribution in [-0.4, -0.2) is 19.2 Å². The lowest BCUT2D eigenvalue weighted by Crippen LogP contribution is -1.96. The van der Waals surface area contributed by atoms with Crippen molar-refractivity contribution in [2.24, 2.45) is 0 Å². The van der Waals surface area contributed by atoms with Gasteiger partial charge in [-0.3, -0.25) is 4.79 Å². The minimum atomic E-state index is -0.133. The van der Waals surface area contributed by atoms with Crippen LogP contribution in [-0.2, 0) is 0 Å². The van der Waals surface area contributed by atoms with Gasteiger partial charge in [0.1, 0.15) is 11.8 Å². The Balaban J connectivity index is 1.72. The van der Waals surface area contributed by atoms with Crippen molar-refractivity contribution in [1.29, 1.82) is 5.26 Å². The van der Waals surface area contributed by atoms with E-state index in [1.165, 1.54) is 6.08 Å². The number of fused-ring (bicyclic) bond motifs is 1. The zero-order chi connectivity index (χ0) is 16.9. The Morgan fingerprint density at radius 3 is 2.67 bits per heavy atom. The van der Waals surface area contributed by atoms with Crippen molar-refractivity contribution in [2.75, 3.05) is 13.4 Å². The third-order valence-corrected chi connectivity index (χ3v) is 4.04. The summed E-state index contributed by atoms with van der Waals surface area (Å²) in [4.78, 5) is 12.2. The van der Waals surface area contributed by atoms with Gasteiger partial charge in [-0.25, -0.2) is 0 Å². The van der Waals surface area contributed by atoms with E-state index < -0.39 is 0 Å². The molecule has 0 unspecified atom stereocenters. The second kappa shape index (κ2) is 7.20. The second-order valence-electron chi connectivity index (χ2n) is 4.90. The monoisotopic (exact) mass is 385 g/mol. The van der Waals surface area contributed by atoms with Crippen LogP contribution in [0.1, 0.15) is 15.9 Å². The normalized spacial score (nSPS) is 12.2. The van der Waals surface area contributed by atoms with Crippen LogP contribution >= 0.6 is 15.9 Å². The standard InChI is InChI=1S/C18H12BrNO4/c19-15-10-18-17(23-11-24-18)9-13(15)3-6-16(21)12-1-4-14(5-2-12)22-8-7-20/h1-6,9-10H,8,11H2/b6-3+. The summed E-state index contributed by atoms with van der Waals surface area (Å²) in [5.41, 5.74) is 1.36. The third-order valence-electron chi connectivity index (χ3n) is 3.35. The van der Waals surface area contributed by atoms with Gasteiger partial charge in [-0.2, -0.15) is 5.26 Å². The van der Waals surface area contributed by atoms with Crippen LogP contribution in [0.25, 0.3) is 6.08 Å². The first kappa shape index (κ1) is 16.1. The Morgan fingerprint density at radius 2 is 1.96 bits per heavy atom. The highest BCUT2D eigenvalue weighted by molar-refractivity contribution is 9.10. The fourth-order valence-electron chi connectivity index (χ4n) is 2.15. The van der Waals surface area contributed by atoms with Gasteiger partial charge in [0.05, 0.1) is 0 Å². The van der Waals surface area contributed by atoms with Crippen LogP contribution in [0.4, 0.5) is 0 Å². The van der Waals surface area contributed by atoms with E-state index in [0.29, 0.717) is 22.8 Å². The molecule has 1 aliphatic heterocycles. The number of ether oxygens (including phenoxy) is 3. The second-order valence-corrected chi connectivity index (χ2v) is 5.75. The molecule has 0 saturated heterocycles. The number of halogens is 1. The van der Waals surface area contributed by atoms with Gasteiger partial charge >= 0.3 is 0 Å². The number of rotatable bonds is 5. The van der Waals surface area contributed by atoms with Crippen molar-refractivity contribution < 1.29 is 19.0 Å². The molecule has 0 bridgehead atoms. The highest BCUT2D eigenvalue weighted by atomic mass is 79.9. The maximum absolute atomic E-state index is 12.2. The molecular weight excluding hydrogens is 374 g/mol. The van der Waals surface area contributed by atoms with E-state index in [2.05, 4.69) is 15.9 Å². The Morgan fingerprint density at radius 1 is 1.25 bits per heavy atom. The maximum atomic E-state index is 12.2. The smallest absolute Gasteiger partial charge is 0.231 e. The molecule has 2 aromatic rings. The predicted octanol–water partition coefficient (Wildman–Crippen LogP) is 3.98. The first-order chi connectivity index (χ1) is 11.7. The van der Waals surface area contributed by atoms with Crippen LogP contribution < -0.4 is 14.2 Å². The Hall–Kier alpha value is -2.78. The molecule has 0 radical (unpaired) electrons. The van der Waals surface area contributed by atoms with Crippen molar-refractivity contribution in [1.82, 2.24) is 0 Å². The molecule has 1 heterocycles. The Bertz CT molecular complexity index is 837. The molecule has 0 aromatic heterocycles. The molecule has 0 amide bonds. The topological polar surface area (TPSA) is 68.5 Å². The summed E-state index contributed by atoms with van der Waals surface area (Å²) in [7, 11) is 0. The Labute approximate surface area is 147 Å². The van der Waals surface area contributed by atoms with Gasteiger partial charge in [0, 0.05) is 10.0 Å². The predicted molar refractivity (Wildman–Crippen MR) is 91.2 cm³/mol. The van der Waals surface area contributed by atoms with Crippen LogP contribution in [0.15, 0.2) is 46.9 Å². The molecule has 5 nitrogen and oxygen atoms in total. The largest absolute Gasteiger partial charge is 0.479 e. The minimum Gasteiger partial charge on any atom is -0.479 e. The van der Waals surface area contributed by atoms with Crippen LogP contribution in [0.2, 0.25) is 0 Å². The molecule has 0 fully saturated rings. The molecule has 3 rings (SSSR count). The number of hydrogen-bond acceptors (Lipinski definition) is 5. The van der Waals surface area contributed by atoms with Crippen LogP contribution in [0.5, 0.6) is 17.2 Å². The fourth-order valence-corrected chi connectivity index (χ4v) is 2.61. The molecule has 24 heavy (non-hydrogen) atoms. The van der Waals surface area contributed by atoms with Crippen LogP contribution in [0, 0.1) is 11.3 Å². The number of carbonyl (C=O) groups excluding carboxylic acids is 1. The van der Waals surface area contributed by atoms with Crippen LogP contribution in [0.3, 0.4) is 0 Å². The lowest BCUT2D eigenvalue weighted by molar-refractivity contribution is 0.104. The van der Waals surface area contributed by atoms with Gasteiger partial charge in [0.15, 0.2) is 23.9 Å². The average molecular weight is 386 g/mol. The van der Waals surface area contributed by atoms with E-state index >= 15 is 0 Å². The number of carbonyl (C=O) groups is 1. The molecule has 6 heteroatoms. The van der Waals surface area contributed by atoms with E-state index in [1.54, 1.807) is 30.3 Å². The molecule has 0 atom stereocenters. The van der Waals surface area contributed by atoms with Crippen molar-refractivity contribution in [3.63, 3.8) is 0 Å². The first-order valence-electron chi connectivity index (χ1n) is 7.09. The fraction of sp³-hybridized carbons (Fsp3) is 0.111. The van der Waals surface area contributed by atoms with E-state index in [0.717, 1.165) is 10.0 Å². The van der Waals surface area contributed by atoms with Gasteiger partial charge in [-0.15, -0.1) is 0 Å². The molecule has 0 aliphatic carbocycles. The zero-order valence-electron chi connectivity index (χ0n) is 12.5. The van der Waals surface area contributed by atoms with Gasteiger partial charge in [-0.05, 0) is 54.1 Å². The molecular formula is C18H12BrNO4. The van der Waals surface area contributed by atoms with Crippen molar-refractivity contribution in [3.8, 4) is 23.3 Å². The molecule has 0 N–H and O–H groups in total. The van der Waals surface area contributed by atoms with Gasteiger partial charge < -0.3 is 14.2 Å². The lowest BCUT2D eigenvalue weighted by Gasteiger charge is -2.03. The number of ketones is 1. The summed E-state index contributed by atoms with van der Waals surface area (Å²) in [6, 6.07) is 12.2. The summed E-state index contributed by atoms with van der Waals surface area (Å²) in [6.45, 7) is 0.180. The molecule has 2 aromatic carbocycles. The highest BCUT2D eigenvalue weighted by Crippen LogP contribution is 2.37.